The lowest BCUT2D eigenvalue weighted by atomic mass is 9.79. The van der Waals surface area contributed by atoms with E-state index in [2.05, 4.69) is 4.74 Å². The van der Waals surface area contributed by atoms with Gasteiger partial charge in [0.2, 0.25) is 0 Å². The van der Waals surface area contributed by atoms with Gasteiger partial charge < -0.3 is 14.8 Å². The summed E-state index contributed by atoms with van der Waals surface area (Å²) >= 11 is 0. The van der Waals surface area contributed by atoms with E-state index >= 15 is 0 Å². The van der Waals surface area contributed by atoms with Crippen LogP contribution in [-0.2, 0) is 0 Å². The fraction of sp³-hybridized carbons (Fsp3) is 0.143. The summed E-state index contributed by atoms with van der Waals surface area (Å²) in [6.07, 6.45) is 0. The summed E-state index contributed by atoms with van der Waals surface area (Å²) in [7, 11) is -4.71. The monoisotopic (exact) mass is 173 g/mol. The van der Waals surface area contributed by atoms with Crippen LogP contribution in [0.3, 0.4) is 0 Å². The Labute approximate surface area is 73.8 Å². The average Bonchev–Trinajstić information content (AvgIpc) is 2.05. The summed E-state index contributed by atoms with van der Waals surface area (Å²) < 4.78 is 37.6. The van der Waals surface area contributed by atoms with Crippen molar-refractivity contribution in [1.82, 2.24) is 0 Å². The Morgan fingerprint density at radius 2 is 2.33 bits per heavy atom. The molecular weight excluding hydrogens is 162 g/mol. The maximum Gasteiger partial charge on any atom is 0.492 e. The number of methoxy groups -OCH3 is 1. The van der Waals surface area contributed by atoms with E-state index < -0.39 is 20.0 Å². The highest BCUT2D eigenvalue weighted by atomic mass is 19.1. The molecule has 0 saturated carbocycles. The van der Waals surface area contributed by atoms with Gasteiger partial charge in [0.1, 0.15) is 11.6 Å². The van der Waals surface area contributed by atoms with Crippen LogP contribution in [0.15, 0.2) is 18.2 Å². The second-order valence-electron chi connectivity index (χ2n) is 2.16. The summed E-state index contributed by atoms with van der Waals surface area (Å²) in [5.41, 5.74) is -0.328. The van der Waals surface area contributed by atoms with E-state index in [1.165, 1.54) is 0 Å². The van der Waals surface area contributed by atoms with Gasteiger partial charge in [0.15, 0.2) is 0 Å². The first-order valence-corrected chi connectivity index (χ1v) is 3.14. The third-order valence-corrected chi connectivity index (χ3v) is 1.36. The molecule has 0 spiro atoms. The van der Waals surface area contributed by atoms with Crippen molar-refractivity contribution in [1.29, 1.82) is 0 Å². The lowest BCUT2D eigenvalue weighted by Gasteiger charge is -2.06. The van der Waals surface area contributed by atoms with E-state index in [0.717, 1.165) is 18.2 Å². The predicted molar refractivity (Wildman–Crippen MR) is 42.8 cm³/mol. The molecule has 5 heteroatoms. The highest BCUT2D eigenvalue weighted by Gasteiger charge is 2.17. The van der Waals surface area contributed by atoms with Crippen molar-refractivity contribution >= 4 is 12.6 Å². The molecule has 3 nitrogen and oxygen atoms in total. The third-order valence-electron chi connectivity index (χ3n) is 1.36. The zero-order valence-electron chi connectivity index (χ0n) is 8.99. The zero-order chi connectivity index (χ0) is 11.6. The van der Waals surface area contributed by atoms with Crippen molar-refractivity contribution in [2.24, 2.45) is 0 Å². The van der Waals surface area contributed by atoms with Crippen molar-refractivity contribution in [2.75, 3.05) is 7.04 Å². The largest absolute Gasteiger partial charge is 0.497 e. The van der Waals surface area contributed by atoms with Crippen molar-refractivity contribution in [3.63, 3.8) is 0 Å². The van der Waals surface area contributed by atoms with Crippen LogP contribution in [-0.4, -0.2) is 24.2 Å². The zero-order valence-corrected chi connectivity index (χ0v) is 5.99. The van der Waals surface area contributed by atoms with Crippen molar-refractivity contribution in [3.8, 4) is 5.75 Å². The minimum Gasteiger partial charge on any atom is -0.497 e. The van der Waals surface area contributed by atoms with Crippen LogP contribution in [0.4, 0.5) is 4.39 Å². The van der Waals surface area contributed by atoms with E-state index in [9.17, 15) is 4.39 Å². The minimum atomic E-state index is -2.72. The Hall–Kier alpha value is -1.07. The fourth-order valence-corrected chi connectivity index (χ4v) is 0.814. The first-order valence-electron chi connectivity index (χ1n) is 4.64. The molecule has 2 N–H and O–H groups in total. The first-order chi connectivity index (χ1) is 6.79. The molecule has 0 fully saturated rings. The minimum absolute atomic E-state index is 0.286. The molecule has 1 rings (SSSR count). The van der Waals surface area contributed by atoms with Crippen LogP contribution in [0.5, 0.6) is 5.75 Å². The van der Waals surface area contributed by atoms with Crippen LogP contribution in [0.25, 0.3) is 0 Å². The second kappa shape index (κ2) is 3.56. The van der Waals surface area contributed by atoms with Gasteiger partial charge in [-0.2, -0.15) is 0 Å². The molecule has 0 bridgehead atoms. The molecule has 0 aliphatic rings. The molecule has 0 heterocycles. The fourth-order valence-electron chi connectivity index (χ4n) is 0.814. The van der Waals surface area contributed by atoms with Gasteiger partial charge in [0.05, 0.1) is 11.2 Å². The third kappa shape index (κ3) is 1.75. The topological polar surface area (TPSA) is 49.7 Å². The van der Waals surface area contributed by atoms with Crippen molar-refractivity contribution in [2.45, 2.75) is 0 Å². The number of halogens is 1. The normalized spacial score (nSPS) is 14.4. The van der Waals surface area contributed by atoms with Crippen molar-refractivity contribution < 1.29 is 23.3 Å². The van der Waals surface area contributed by atoms with Gasteiger partial charge in [-0.15, -0.1) is 0 Å². The number of ether oxygens (including phenoxy) is 1. The Morgan fingerprint density at radius 3 is 2.92 bits per heavy atom. The van der Waals surface area contributed by atoms with Gasteiger partial charge in [-0.1, -0.05) is 0 Å². The van der Waals surface area contributed by atoms with Gasteiger partial charge in [-0.05, 0) is 18.2 Å². The van der Waals surface area contributed by atoms with Crippen LogP contribution in [0, 0.1) is 5.82 Å². The number of benzene rings is 1. The summed E-state index contributed by atoms with van der Waals surface area (Å²) in [5.74, 6) is -0.998. The predicted octanol–water partition coefficient (Wildman–Crippen LogP) is -0.486. The molecule has 0 aliphatic heterocycles. The van der Waals surface area contributed by atoms with Crippen LogP contribution in [0.2, 0.25) is 0 Å². The average molecular weight is 173 g/mol. The second-order valence-corrected chi connectivity index (χ2v) is 2.16. The Balaban J connectivity index is 3.06. The number of hydrogen-bond acceptors (Lipinski definition) is 3. The molecule has 1 aromatic carbocycles. The lowest BCUT2D eigenvalue weighted by molar-refractivity contribution is 0.402. The first kappa shape index (κ1) is 5.56. The smallest absolute Gasteiger partial charge is 0.492 e. The standard InChI is InChI=1S/C7H8BFO3/c1-12-7-3-2-5(9)4-6(7)8(10)11/h2-4,10-11H,1H3/i1D3. The van der Waals surface area contributed by atoms with E-state index in [1.54, 1.807) is 0 Å². The highest BCUT2D eigenvalue weighted by molar-refractivity contribution is 6.59. The molecule has 0 radical (unpaired) electrons. The molecule has 64 valence electrons. The quantitative estimate of drug-likeness (QED) is 0.593. The van der Waals surface area contributed by atoms with Gasteiger partial charge in [-0.3, -0.25) is 0 Å². The summed E-state index contributed by atoms with van der Waals surface area (Å²) in [6.45, 7) is 0. The lowest BCUT2D eigenvalue weighted by Crippen LogP contribution is -2.31. The van der Waals surface area contributed by atoms with Gasteiger partial charge >= 0.3 is 7.12 Å². The molecule has 12 heavy (non-hydrogen) atoms. The van der Waals surface area contributed by atoms with Gasteiger partial charge in [0.25, 0.3) is 0 Å². The molecule has 0 aliphatic carbocycles. The van der Waals surface area contributed by atoms with E-state index in [4.69, 9.17) is 14.2 Å². The Morgan fingerprint density at radius 1 is 1.58 bits per heavy atom. The van der Waals surface area contributed by atoms with E-state index in [-0.39, 0.29) is 11.2 Å². The summed E-state index contributed by atoms with van der Waals surface area (Å²) in [6, 6.07) is 2.79. The van der Waals surface area contributed by atoms with E-state index in [0.29, 0.717) is 0 Å². The molecule has 0 unspecified atom stereocenters. The van der Waals surface area contributed by atoms with Crippen LogP contribution < -0.4 is 10.2 Å². The summed E-state index contributed by atoms with van der Waals surface area (Å²) in [5, 5.41) is 17.7. The Bertz CT molecular complexity index is 356. The molecule has 1 aromatic rings. The Kier molecular flexibility index (Phi) is 1.65. The maximum absolute atomic E-state index is 12.7. The molecule has 0 atom stereocenters. The van der Waals surface area contributed by atoms with E-state index in [1.807, 2.05) is 0 Å². The molecule has 0 aromatic heterocycles. The molecule has 0 amide bonds. The van der Waals surface area contributed by atoms with Crippen LogP contribution >= 0.6 is 0 Å². The van der Waals surface area contributed by atoms with Gasteiger partial charge in [-0.25, -0.2) is 4.39 Å². The highest BCUT2D eigenvalue weighted by Crippen LogP contribution is 2.08. The SMILES string of the molecule is [2H]C([2H])([2H])Oc1ccc(F)cc1B(O)O. The summed E-state index contributed by atoms with van der Waals surface area (Å²) in [4.78, 5) is 0. The molecular formula is C7H8BFO3. The number of hydrogen-bond donors (Lipinski definition) is 2. The molecule has 0 saturated heterocycles. The maximum atomic E-state index is 12.7. The van der Waals surface area contributed by atoms with Gasteiger partial charge in [0, 0.05) is 5.46 Å². The van der Waals surface area contributed by atoms with Crippen molar-refractivity contribution in [3.05, 3.63) is 24.0 Å². The number of rotatable bonds is 2. The van der Waals surface area contributed by atoms with Crippen LogP contribution in [0.1, 0.15) is 4.11 Å².